The molecule has 2 aromatic rings. The Morgan fingerprint density at radius 2 is 2.00 bits per heavy atom. The molecule has 21 heavy (non-hydrogen) atoms. The highest BCUT2D eigenvalue weighted by Crippen LogP contribution is 2.27. The minimum Gasteiger partial charge on any atom is -0.497 e. The molecule has 0 bridgehead atoms. The summed E-state index contributed by atoms with van der Waals surface area (Å²) < 4.78 is 24.2. The average Bonchev–Trinajstić information content (AvgIpc) is 2.46. The molecule has 0 atom stereocenters. The van der Waals surface area contributed by atoms with Crippen molar-refractivity contribution in [1.29, 1.82) is 0 Å². The number of methoxy groups -OCH3 is 1. The van der Waals surface area contributed by atoms with Crippen molar-refractivity contribution in [3.8, 4) is 11.5 Å². The number of ketones is 1. The van der Waals surface area contributed by atoms with E-state index in [2.05, 4.69) is 0 Å². The molecular weight excluding hydrogens is 295 g/mol. The molecule has 3 nitrogen and oxygen atoms in total. The predicted octanol–water partition coefficient (Wildman–Crippen LogP) is 4.27. The number of hydrogen-bond donors (Lipinski definition) is 0. The van der Waals surface area contributed by atoms with E-state index in [9.17, 15) is 9.18 Å². The third-order valence-corrected chi connectivity index (χ3v) is 3.28. The molecule has 0 radical (unpaired) electrons. The Bertz CT molecular complexity index is 671. The van der Waals surface area contributed by atoms with E-state index in [4.69, 9.17) is 21.1 Å². The molecule has 0 saturated carbocycles. The van der Waals surface area contributed by atoms with Crippen molar-refractivity contribution < 1.29 is 18.7 Å². The quantitative estimate of drug-likeness (QED) is 0.774. The summed E-state index contributed by atoms with van der Waals surface area (Å²) in [6.45, 7) is 1.49. The Morgan fingerprint density at radius 3 is 2.57 bits per heavy atom. The number of rotatable bonds is 5. The number of carbonyl (C=O) groups is 1. The van der Waals surface area contributed by atoms with Gasteiger partial charge in [-0.25, -0.2) is 4.39 Å². The minimum atomic E-state index is -0.411. The fourth-order valence-electron chi connectivity index (χ4n) is 1.76. The van der Waals surface area contributed by atoms with E-state index in [1.54, 1.807) is 24.3 Å². The summed E-state index contributed by atoms with van der Waals surface area (Å²) in [5, 5.41) is 0.316. The van der Waals surface area contributed by atoms with E-state index in [-0.39, 0.29) is 12.4 Å². The summed E-state index contributed by atoms with van der Waals surface area (Å²) in [5.41, 5.74) is 0.894. The van der Waals surface area contributed by atoms with Crippen LogP contribution in [-0.4, -0.2) is 12.9 Å². The maximum absolute atomic E-state index is 13.8. The van der Waals surface area contributed by atoms with Gasteiger partial charge >= 0.3 is 0 Å². The highest BCUT2D eigenvalue weighted by molar-refractivity contribution is 6.32. The highest BCUT2D eigenvalue weighted by Gasteiger charge is 2.09. The molecule has 0 fully saturated rings. The molecule has 0 aromatic heterocycles. The van der Waals surface area contributed by atoms with Crippen LogP contribution in [0.25, 0.3) is 0 Å². The Kier molecular flexibility index (Phi) is 4.81. The maximum Gasteiger partial charge on any atom is 0.159 e. The van der Waals surface area contributed by atoms with E-state index >= 15 is 0 Å². The molecule has 2 rings (SSSR count). The van der Waals surface area contributed by atoms with Crippen LogP contribution in [0.4, 0.5) is 4.39 Å². The van der Waals surface area contributed by atoms with Gasteiger partial charge < -0.3 is 9.47 Å². The number of hydrogen-bond acceptors (Lipinski definition) is 3. The normalized spacial score (nSPS) is 10.3. The molecule has 0 aliphatic heterocycles. The number of ether oxygens (including phenoxy) is 2. The Hall–Kier alpha value is -2.07. The fourth-order valence-corrected chi connectivity index (χ4v) is 2.00. The first-order valence-electron chi connectivity index (χ1n) is 6.27. The van der Waals surface area contributed by atoms with Gasteiger partial charge in [0, 0.05) is 17.2 Å². The third kappa shape index (κ3) is 3.73. The van der Waals surface area contributed by atoms with Crippen LogP contribution in [0.3, 0.4) is 0 Å². The molecule has 0 saturated heterocycles. The van der Waals surface area contributed by atoms with Crippen LogP contribution in [0.15, 0.2) is 36.4 Å². The van der Waals surface area contributed by atoms with Crippen LogP contribution in [0.1, 0.15) is 22.8 Å². The van der Waals surface area contributed by atoms with Crippen molar-refractivity contribution in [3.63, 3.8) is 0 Å². The van der Waals surface area contributed by atoms with Gasteiger partial charge in [-0.2, -0.15) is 0 Å². The lowest BCUT2D eigenvalue weighted by molar-refractivity contribution is 0.101. The number of carbonyl (C=O) groups excluding carboxylic acids is 1. The summed E-state index contributed by atoms with van der Waals surface area (Å²) >= 11 is 6.04. The Balaban J connectivity index is 2.11. The number of Topliss-reactive ketones (excluding diaryl/α,β-unsaturated/α-hetero) is 1. The molecule has 2 aromatic carbocycles. The van der Waals surface area contributed by atoms with Crippen molar-refractivity contribution >= 4 is 17.4 Å². The van der Waals surface area contributed by atoms with E-state index in [0.717, 1.165) is 0 Å². The summed E-state index contributed by atoms with van der Waals surface area (Å²) in [5.74, 6) is 0.354. The standard InChI is InChI=1S/C16H14ClFO3/c1-10(19)11-4-6-16(14(17)7-11)21-9-12-3-5-13(20-2)8-15(12)18/h3-8H,9H2,1-2H3. The van der Waals surface area contributed by atoms with E-state index in [1.165, 1.54) is 26.2 Å². The van der Waals surface area contributed by atoms with Gasteiger partial charge in [-0.1, -0.05) is 11.6 Å². The lowest BCUT2D eigenvalue weighted by Crippen LogP contribution is -2.00. The monoisotopic (exact) mass is 308 g/mol. The van der Waals surface area contributed by atoms with Crippen molar-refractivity contribution in [1.82, 2.24) is 0 Å². The van der Waals surface area contributed by atoms with Gasteiger partial charge in [0.05, 0.1) is 12.1 Å². The molecule has 0 spiro atoms. The molecule has 0 aliphatic carbocycles. The number of benzene rings is 2. The smallest absolute Gasteiger partial charge is 0.159 e. The van der Waals surface area contributed by atoms with E-state index < -0.39 is 5.82 Å². The molecule has 0 heterocycles. The summed E-state index contributed by atoms with van der Waals surface area (Å²) in [7, 11) is 1.47. The largest absolute Gasteiger partial charge is 0.497 e. The van der Waals surface area contributed by atoms with Crippen LogP contribution in [0, 0.1) is 5.82 Å². The van der Waals surface area contributed by atoms with Gasteiger partial charge in [-0.3, -0.25) is 4.79 Å². The van der Waals surface area contributed by atoms with Crippen LogP contribution in [0.2, 0.25) is 5.02 Å². The van der Waals surface area contributed by atoms with Gasteiger partial charge in [-0.15, -0.1) is 0 Å². The molecule has 0 amide bonds. The topological polar surface area (TPSA) is 35.5 Å². The molecular formula is C16H14ClFO3. The zero-order valence-electron chi connectivity index (χ0n) is 11.7. The van der Waals surface area contributed by atoms with E-state index in [0.29, 0.717) is 27.6 Å². The summed E-state index contributed by atoms with van der Waals surface area (Å²) in [4.78, 5) is 11.2. The second-order valence-electron chi connectivity index (χ2n) is 4.45. The molecule has 0 unspecified atom stereocenters. The maximum atomic E-state index is 13.8. The molecule has 0 N–H and O–H groups in total. The second-order valence-corrected chi connectivity index (χ2v) is 4.85. The van der Waals surface area contributed by atoms with Crippen LogP contribution in [-0.2, 0) is 6.61 Å². The van der Waals surface area contributed by atoms with Gasteiger partial charge in [0.15, 0.2) is 5.78 Å². The first kappa shape index (κ1) is 15.3. The molecule has 0 aliphatic rings. The molecule has 110 valence electrons. The second kappa shape index (κ2) is 6.59. The summed E-state index contributed by atoms with van der Waals surface area (Å²) in [6, 6.07) is 9.28. The van der Waals surface area contributed by atoms with Gasteiger partial charge in [0.2, 0.25) is 0 Å². The molecule has 5 heteroatoms. The fraction of sp³-hybridized carbons (Fsp3) is 0.188. The summed E-state index contributed by atoms with van der Waals surface area (Å²) in [6.07, 6.45) is 0. The van der Waals surface area contributed by atoms with Crippen LogP contribution >= 0.6 is 11.6 Å². The van der Waals surface area contributed by atoms with Gasteiger partial charge in [0.25, 0.3) is 0 Å². The van der Waals surface area contributed by atoms with Crippen molar-refractivity contribution in [2.24, 2.45) is 0 Å². The highest BCUT2D eigenvalue weighted by atomic mass is 35.5. The van der Waals surface area contributed by atoms with Crippen molar-refractivity contribution in [2.45, 2.75) is 13.5 Å². The van der Waals surface area contributed by atoms with Crippen LogP contribution in [0.5, 0.6) is 11.5 Å². The van der Waals surface area contributed by atoms with Gasteiger partial charge in [0.1, 0.15) is 23.9 Å². The van der Waals surface area contributed by atoms with Gasteiger partial charge in [-0.05, 0) is 37.3 Å². The minimum absolute atomic E-state index is 0.0367. The lowest BCUT2D eigenvalue weighted by atomic mass is 10.1. The predicted molar refractivity (Wildman–Crippen MR) is 78.7 cm³/mol. The van der Waals surface area contributed by atoms with E-state index in [1.807, 2.05) is 0 Å². The first-order valence-corrected chi connectivity index (χ1v) is 6.64. The number of halogens is 2. The van der Waals surface area contributed by atoms with Crippen LogP contribution < -0.4 is 9.47 Å². The Labute approximate surface area is 127 Å². The lowest BCUT2D eigenvalue weighted by Gasteiger charge is -2.10. The SMILES string of the molecule is COc1ccc(COc2ccc(C(C)=O)cc2Cl)c(F)c1. The zero-order valence-corrected chi connectivity index (χ0v) is 12.4. The zero-order chi connectivity index (χ0) is 15.4. The average molecular weight is 309 g/mol. The van der Waals surface area contributed by atoms with Crippen molar-refractivity contribution in [2.75, 3.05) is 7.11 Å². The first-order chi connectivity index (χ1) is 10.0. The third-order valence-electron chi connectivity index (χ3n) is 2.98. The van der Waals surface area contributed by atoms with Crippen molar-refractivity contribution in [3.05, 3.63) is 58.4 Å². The Morgan fingerprint density at radius 1 is 1.24 bits per heavy atom.